The average molecular weight is 565 g/mol. The van der Waals surface area contributed by atoms with Crippen LogP contribution in [0.5, 0.6) is 5.75 Å². The fourth-order valence-corrected chi connectivity index (χ4v) is 4.65. The Morgan fingerprint density at radius 1 is 1.15 bits per heavy atom. The van der Waals surface area contributed by atoms with E-state index < -0.39 is 11.4 Å². The lowest BCUT2D eigenvalue weighted by molar-refractivity contribution is -0.106. The van der Waals surface area contributed by atoms with Gasteiger partial charge in [0.15, 0.2) is 0 Å². The van der Waals surface area contributed by atoms with Crippen LogP contribution < -0.4 is 20.5 Å². The lowest BCUT2D eigenvalue weighted by Crippen LogP contribution is -2.38. The van der Waals surface area contributed by atoms with Crippen LogP contribution in [0.4, 0.5) is 27.3 Å². The minimum Gasteiger partial charge on any atom is -0.486 e. The fraction of sp³-hybridized carbons (Fsp3) is 0.387. The Balaban J connectivity index is 0.00000189. The van der Waals surface area contributed by atoms with Gasteiger partial charge in [0.1, 0.15) is 29.1 Å². The molecule has 2 heterocycles. The van der Waals surface area contributed by atoms with Gasteiger partial charge < -0.3 is 19.7 Å². The van der Waals surface area contributed by atoms with Crippen LogP contribution >= 0.6 is 0 Å². The summed E-state index contributed by atoms with van der Waals surface area (Å²) in [5.41, 5.74) is 1.23. The van der Waals surface area contributed by atoms with Gasteiger partial charge in [0, 0.05) is 31.8 Å². The first-order valence-electron chi connectivity index (χ1n) is 13.8. The zero-order chi connectivity index (χ0) is 29.8. The van der Waals surface area contributed by atoms with Gasteiger partial charge in [-0.1, -0.05) is 26.0 Å². The van der Waals surface area contributed by atoms with Gasteiger partial charge in [-0.3, -0.25) is 23.9 Å². The summed E-state index contributed by atoms with van der Waals surface area (Å²) >= 11 is 0. The number of rotatable bonds is 9. The second kappa shape index (κ2) is 12.6. The van der Waals surface area contributed by atoms with Crippen molar-refractivity contribution >= 4 is 35.2 Å². The van der Waals surface area contributed by atoms with Crippen LogP contribution in [0.3, 0.4) is 0 Å². The molecule has 0 atom stereocenters. The standard InChI is InChI=1S/C29H31FN4O5.C2H6/c1-17-8-11-24(23(30)12-17)31-27-25(29(37)32(3)19-9-10-19)26(18(2)28(36)33(27)4)34(16-35)20-6-5-7-21(13-20)39-22-14-38-15-22;1-2/h5-8,11-13,16,19,22,31H,9-10,14-15H2,1-4H3;1-2H3. The van der Waals surface area contributed by atoms with Gasteiger partial charge in [0.2, 0.25) is 6.41 Å². The number of aromatic nitrogens is 1. The van der Waals surface area contributed by atoms with Crippen molar-refractivity contribution < 1.29 is 23.5 Å². The molecule has 1 aromatic heterocycles. The van der Waals surface area contributed by atoms with E-state index in [1.807, 2.05) is 13.8 Å². The van der Waals surface area contributed by atoms with Crippen molar-refractivity contribution in [2.75, 3.05) is 30.5 Å². The largest absolute Gasteiger partial charge is 0.486 e. The Bertz CT molecular complexity index is 1500. The summed E-state index contributed by atoms with van der Waals surface area (Å²) in [5.74, 6) is -0.299. The maximum Gasteiger partial charge on any atom is 0.259 e. The molecule has 5 rings (SSSR count). The lowest BCUT2D eigenvalue weighted by Gasteiger charge is -2.29. The van der Waals surface area contributed by atoms with Crippen LogP contribution in [0, 0.1) is 19.7 Å². The van der Waals surface area contributed by atoms with E-state index in [-0.39, 0.29) is 46.4 Å². The van der Waals surface area contributed by atoms with E-state index in [9.17, 15) is 18.8 Å². The average Bonchev–Trinajstić information content (AvgIpc) is 3.80. The molecule has 2 aliphatic rings. The second-order valence-electron chi connectivity index (χ2n) is 10.1. The molecule has 0 bridgehead atoms. The molecule has 1 N–H and O–H groups in total. The number of amides is 2. The predicted octanol–water partition coefficient (Wildman–Crippen LogP) is 5.22. The van der Waals surface area contributed by atoms with Crippen molar-refractivity contribution in [1.82, 2.24) is 9.47 Å². The van der Waals surface area contributed by atoms with Crippen molar-refractivity contribution in [2.24, 2.45) is 7.05 Å². The molecule has 10 heteroatoms. The molecule has 2 amide bonds. The molecular weight excluding hydrogens is 527 g/mol. The molecule has 1 aliphatic carbocycles. The number of hydrogen-bond acceptors (Lipinski definition) is 6. The zero-order valence-electron chi connectivity index (χ0n) is 24.4. The van der Waals surface area contributed by atoms with Crippen LogP contribution in [0.2, 0.25) is 0 Å². The minimum absolute atomic E-state index is 0.0537. The van der Waals surface area contributed by atoms with Gasteiger partial charge in [0.25, 0.3) is 11.5 Å². The normalized spacial score (nSPS) is 14.3. The maximum absolute atomic E-state index is 14.9. The highest BCUT2D eigenvalue weighted by Crippen LogP contribution is 2.38. The second-order valence-corrected chi connectivity index (χ2v) is 10.1. The summed E-state index contributed by atoms with van der Waals surface area (Å²) in [6.07, 6.45) is 2.20. The van der Waals surface area contributed by atoms with E-state index in [4.69, 9.17) is 9.47 Å². The van der Waals surface area contributed by atoms with Gasteiger partial charge in [-0.2, -0.15) is 0 Å². The Morgan fingerprint density at radius 2 is 1.85 bits per heavy atom. The monoisotopic (exact) mass is 564 g/mol. The van der Waals surface area contributed by atoms with Crippen LogP contribution in [-0.2, 0) is 16.6 Å². The van der Waals surface area contributed by atoms with E-state index in [0.717, 1.165) is 18.4 Å². The smallest absolute Gasteiger partial charge is 0.259 e. The number of hydrogen-bond donors (Lipinski definition) is 1. The number of halogens is 1. The van der Waals surface area contributed by atoms with E-state index in [1.54, 1.807) is 62.2 Å². The topological polar surface area (TPSA) is 93.1 Å². The predicted molar refractivity (Wildman–Crippen MR) is 157 cm³/mol. The molecule has 41 heavy (non-hydrogen) atoms. The first-order valence-corrected chi connectivity index (χ1v) is 13.8. The summed E-state index contributed by atoms with van der Waals surface area (Å²) in [7, 11) is 3.21. The van der Waals surface area contributed by atoms with E-state index >= 15 is 0 Å². The number of nitrogens with one attached hydrogen (secondary N) is 1. The molecule has 0 unspecified atom stereocenters. The highest BCUT2D eigenvalue weighted by Gasteiger charge is 2.36. The summed E-state index contributed by atoms with van der Waals surface area (Å²) in [5, 5.41) is 2.98. The Morgan fingerprint density at radius 3 is 2.44 bits per heavy atom. The van der Waals surface area contributed by atoms with Crippen molar-refractivity contribution in [3.8, 4) is 5.75 Å². The lowest BCUT2D eigenvalue weighted by atomic mass is 10.1. The van der Waals surface area contributed by atoms with Gasteiger partial charge in [-0.05, 0) is 56.5 Å². The summed E-state index contributed by atoms with van der Waals surface area (Å²) in [4.78, 5) is 43.0. The van der Waals surface area contributed by atoms with Gasteiger partial charge in [0.05, 0.1) is 30.3 Å². The third kappa shape index (κ3) is 6.12. The van der Waals surface area contributed by atoms with Crippen molar-refractivity contribution in [3.05, 3.63) is 75.3 Å². The van der Waals surface area contributed by atoms with Gasteiger partial charge in [-0.25, -0.2) is 4.39 Å². The first kappa shape index (κ1) is 29.8. The number of carbonyl (C=O) groups is 2. The number of pyridine rings is 1. The Labute approximate surface area is 239 Å². The van der Waals surface area contributed by atoms with Gasteiger partial charge in [-0.15, -0.1) is 0 Å². The molecule has 0 radical (unpaired) electrons. The van der Waals surface area contributed by atoms with Crippen molar-refractivity contribution in [2.45, 2.75) is 52.7 Å². The SMILES string of the molecule is CC.Cc1ccc(Nc2c(C(=O)N(C)C3CC3)c(N(C=O)c3cccc(OC4COC4)c3)c(C)c(=O)n2C)c(F)c1. The van der Waals surface area contributed by atoms with E-state index in [2.05, 4.69) is 5.32 Å². The van der Waals surface area contributed by atoms with E-state index in [0.29, 0.717) is 31.1 Å². The highest BCUT2D eigenvalue weighted by atomic mass is 19.1. The van der Waals surface area contributed by atoms with Crippen molar-refractivity contribution in [1.29, 1.82) is 0 Å². The third-order valence-corrected chi connectivity index (χ3v) is 7.15. The van der Waals surface area contributed by atoms with Crippen LogP contribution in [0.15, 0.2) is 47.3 Å². The molecule has 1 aliphatic heterocycles. The quantitative estimate of drug-likeness (QED) is 0.359. The number of ether oxygens (including phenoxy) is 2. The number of carbonyl (C=O) groups excluding carboxylic acids is 2. The first-order chi connectivity index (χ1) is 19.7. The molecule has 3 aromatic rings. The number of anilines is 4. The summed E-state index contributed by atoms with van der Waals surface area (Å²) in [6.45, 7) is 8.30. The molecule has 0 spiro atoms. The summed E-state index contributed by atoms with van der Waals surface area (Å²) < 4.78 is 27.3. The zero-order valence-corrected chi connectivity index (χ0v) is 24.4. The molecule has 2 fully saturated rings. The fourth-order valence-electron chi connectivity index (χ4n) is 4.65. The summed E-state index contributed by atoms with van der Waals surface area (Å²) in [6, 6.07) is 11.6. The molecular formula is C31H37FN4O5. The highest BCUT2D eigenvalue weighted by molar-refractivity contribution is 6.09. The number of aryl methyl sites for hydroxylation is 1. The molecule has 1 saturated carbocycles. The van der Waals surface area contributed by atoms with Crippen molar-refractivity contribution in [3.63, 3.8) is 0 Å². The molecule has 218 valence electrons. The molecule has 9 nitrogen and oxygen atoms in total. The minimum atomic E-state index is -0.532. The van der Waals surface area contributed by atoms with Crippen LogP contribution in [0.1, 0.15) is 48.2 Å². The van der Waals surface area contributed by atoms with Gasteiger partial charge >= 0.3 is 0 Å². The maximum atomic E-state index is 14.9. The Hall–Kier alpha value is -4.18. The van der Waals surface area contributed by atoms with Crippen LogP contribution in [-0.4, -0.2) is 54.2 Å². The Kier molecular flexibility index (Phi) is 9.12. The number of benzene rings is 2. The number of nitrogens with zero attached hydrogens (tertiary/aromatic N) is 3. The molecule has 1 saturated heterocycles. The molecule has 2 aromatic carbocycles. The van der Waals surface area contributed by atoms with Crippen LogP contribution in [0.25, 0.3) is 0 Å². The third-order valence-electron chi connectivity index (χ3n) is 7.15. The van der Waals surface area contributed by atoms with E-state index in [1.165, 1.54) is 22.6 Å².